The molecule has 0 unspecified atom stereocenters. The molecule has 0 aromatic heterocycles. The smallest absolute Gasteiger partial charge is 0.244 e. The van der Waals surface area contributed by atoms with E-state index in [-0.39, 0.29) is 16.0 Å². The maximum atomic E-state index is 12.7. The largest absolute Gasteiger partial charge is 0.373 e. The van der Waals surface area contributed by atoms with E-state index in [1.165, 1.54) is 4.31 Å². The summed E-state index contributed by atoms with van der Waals surface area (Å²) in [6, 6.07) is 16.6. The molecule has 2 aromatic carbocycles. The van der Waals surface area contributed by atoms with Gasteiger partial charge in [-0.15, -0.1) is 0 Å². The highest BCUT2D eigenvalue weighted by atomic mass is 35.5. The number of ether oxygens (including phenoxy) is 1. The van der Waals surface area contributed by atoms with E-state index in [1.54, 1.807) is 24.3 Å². The van der Waals surface area contributed by atoms with Gasteiger partial charge in [0, 0.05) is 13.1 Å². The van der Waals surface area contributed by atoms with Crippen LogP contribution in [0.4, 0.5) is 0 Å². The Morgan fingerprint density at radius 2 is 1.62 bits per heavy atom. The van der Waals surface area contributed by atoms with Crippen LogP contribution in [0.1, 0.15) is 18.4 Å². The topological polar surface area (TPSA) is 46.6 Å². The van der Waals surface area contributed by atoms with Crippen molar-refractivity contribution < 1.29 is 13.2 Å². The molecule has 3 rings (SSSR count). The second-order valence-electron chi connectivity index (χ2n) is 5.83. The molecular formula is C18H20ClNO3S. The van der Waals surface area contributed by atoms with Crippen LogP contribution in [0, 0.1) is 0 Å². The Morgan fingerprint density at radius 1 is 1.00 bits per heavy atom. The van der Waals surface area contributed by atoms with Gasteiger partial charge in [-0.2, -0.15) is 4.31 Å². The highest BCUT2D eigenvalue weighted by Gasteiger charge is 2.30. The Balaban J connectivity index is 1.58. The molecule has 1 aliphatic rings. The standard InChI is InChI=1S/C18H20ClNO3S/c19-17-8-4-5-9-18(17)24(21,22)20-12-10-16(11-13-20)23-14-15-6-2-1-3-7-15/h1-9,16H,10-14H2. The molecule has 128 valence electrons. The van der Waals surface area contributed by atoms with Crippen LogP contribution >= 0.6 is 11.6 Å². The van der Waals surface area contributed by atoms with Gasteiger partial charge in [-0.05, 0) is 30.5 Å². The second-order valence-corrected chi connectivity index (χ2v) is 8.14. The second kappa shape index (κ2) is 7.66. The molecule has 0 radical (unpaired) electrons. The van der Waals surface area contributed by atoms with Crippen molar-refractivity contribution in [2.24, 2.45) is 0 Å². The SMILES string of the molecule is O=S(=O)(c1ccccc1Cl)N1CCC(OCc2ccccc2)CC1. The molecule has 1 saturated heterocycles. The summed E-state index contributed by atoms with van der Waals surface area (Å²) in [7, 11) is -3.54. The summed E-state index contributed by atoms with van der Waals surface area (Å²) in [5.74, 6) is 0. The third kappa shape index (κ3) is 3.98. The molecular weight excluding hydrogens is 346 g/mol. The predicted molar refractivity (Wildman–Crippen MR) is 94.5 cm³/mol. The molecule has 2 aromatic rings. The summed E-state index contributed by atoms with van der Waals surface area (Å²) in [6.45, 7) is 1.46. The Kier molecular flexibility index (Phi) is 5.56. The highest BCUT2D eigenvalue weighted by molar-refractivity contribution is 7.89. The number of nitrogens with zero attached hydrogens (tertiary/aromatic N) is 1. The van der Waals surface area contributed by atoms with Gasteiger partial charge in [-0.25, -0.2) is 8.42 Å². The summed E-state index contributed by atoms with van der Waals surface area (Å²) >= 11 is 6.04. The molecule has 0 spiro atoms. The van der Waals surface area contributed by atoms with Crippen LogP contribution in [0.2, 0.25) is 5.02 Å². The van der Waals surface area contributed by atoms with E-state index in [9.17, 15) is 8.42 Å². The van der Waals surface area contributed by atoms with E-state index in [1.807, 2.05) is 30.3 Å². The van der Waals surface area contributed by atoms with Crippen LogP contribution in [0.25, 0.3) is 0 Å². The first kappa shape index (κ1) is 17.4. The number of halogens is 1. The van der Waals surface area contributed by atoms with Crippen LogP contribution in [0.3, 0.4) is 0 Å². The van der Waals surface area contributed by atoms with Gasteiger partial charge < -0.3 is 4.74 Å². The van der Waals surface area contributed by atoms with Crippen molar-refractivity contribution in [2.45, 2.75) is 30.4 Å². The highest BCUT2D eigenvalue weighted by Crippen LogP contribution is 2.27. The number of rotatable bonds is 5. The zero-order valence-electron chi connectivity index (χ0n) is 13.3. The van der Waals surface area contributed by atoms with E-state index < -0.39 is 10.0 Å². The van der Waals surface area contributed by atoms with E-state index in [4.69, 9.17) is 16.3 Å². The van der Waals surface area contributed by atoms with Gasteiger partial charge in [0.15, 0.2) is 0 Å². The van der Waals surface area contributed by atoms with Crippen molar-refractivity contribution in [2.75, 3.05) is 13.1 Å². The molecule has 0 N–H and O–H groups in total. The zero-order chi connectivity index (χ0) is 17.0. The van der Waals surface area contributed by atoms with Crippen LogP contribution in [-0.2, 0) is 21.4 Å². The maximum Gasteiger partial charge on any atom is 0.244 e. The minimum atomic E-state index is -3.54. The summed E-state index contributed by atoms with van der Waals surface area (Å²) < 4.78 is 32.8. The summed E-state index contributed by atoms with van der Waals surface area (Å²) in [6.07, 6.45) is 1.47. The van der Waals surface area contributed by atoms with Gasteiger partial charge >= 0.3 is 0 Å². The van der Waals surface area contributed by atoms with E-state index >= 15 is 0 Å². The monoisotopic (exact) mass is 365 g/mol. The number of hydrogen-bond donors (Lipinski definition) is 0. The average Bonchev–Trinajstić information content (AvgIpc) is 2.61. The number of piperidine rings is 1. The van der Waals surface area contributed by atoms with Crippen molar-refractivity contribution in [3.05, 3.63) is 65.2 Å². The van der Waals surface area contributed by atoms with E-state index in [2.05, 4.69) is 0 Å². The lowest BCUT2D eigenvalue weighted by Gasteiger charge is -2.31. The quantitative estimate of drug-likeness (QED) is 0.811. The molecule has 1 fully saturated rings. The Morgan fingerprint density at radius 3 is 2.29 bits per heavy atom. The van der Waals surface area contributed by atoms with Crippen LogP contribution < -0.4 is 0 Å². The van der Waals surface area contributed by atoms with Crippen molar-refractivity contribution >= 4 is 21.6 Å². The molecule has 6 heteroatoms. The van der Waals surface area contributed by atoms with Crippen molar-refractivity contribution in [1.82, 2.24) is 4.31 Å². The lowest BCUT2D eigenvalue weighted by Crippen LogP contribution is -2.40. The average molecular weight is 366 g/mol. The molecule has 0 bridgehead atoms. The third-order valence-electron chi connectivity index (χ3n) is 4.18. The van der Waals surface area contributed by atoms with E-state index in [0.29, 0.717) is 32.5 Å². The summed E-state index contributed by atoms with van der Waals surface area (Å²) in [5, 5.41) is 0.264. The summed E-state index contributed by atoms with van der Waals surface area (Å²) in [4.78, 5) is 0.176. The summed E-state index contributed by atoms with van der Waals surface area (Å²) in [5.41, 5.74) is 1.13. The van der Waals surface area contributed by atoms with E-state index in [0.717, 1.165) is 5.56 Å². The fourth-order valence-electron chi connectivity index (χ4n) is 2.82. The molecule has 0 amide bonds. The fraction of sp³-hybridized carbons (Fsp3) is 0.333. The van der Waals surface area contributed by atoms with Gasteiger partial charge in [0.1, 0.15) is 4.90 Å². The molecule has 1 aliphatic heterocycles. The van der Waals surface area contributed by atoms with Crippen LogP contribution in [0.5, 0.6) is 0 Å². The number of benzene rings is 2. The molecule has 24 heavy (non-hydrogen) atoms. The first-order valence-corrected chi connectivity index (χ1v) is 9.79. The predicted octanol–water partition coefficient (Wildman–Crippen LogP) is 3.71. The first-order chi connectivity index (χ1) is 11.6. The van der Waals surface area contributed by atoms with Gasteiger partial charge in [0.25, 0.3) is 0 Å². The molecule has 0 saturated carbocycles. The van der Waals surface area contributed by atoms with Crippen molar-refractivity contribution in [3.63, 3.8) is 0 Å². The minimum Gasteiger partial charge on any atom is -0.373 e. The Labute approximate surface area is 148 Å². The van der Waals surface area contributed by atoms with Crippen molar-refractivity contribution in [3.8, 4) is 0 Å². The normalized spacial score (nSPS) is 17.0. The van der Waals surface area contributed by atoms with Crippen LogP contribution in [0.15, 0.2) is 59.5 Å². The first-order valence-electron chi connectivity index (χ1n) is 7.97. The Bertz CT molecular complexity index is 772. The van der Waals surface area contributed by atoms with Gasteiger partial charge in [-0.1, -0.05) is 54.1 Å². The lowest BCUT2D eigenvalue weighted by atomic mass is 10.1. The van der Waals surface area contributed by atoms with Gasteiger partial charge in [-0.3, -0.25) is 0 Å². The zero-order valence-corrected chi connectivity index (χ0v) is 14.8. The maximum absolute atomic E-state index is 12.7. The Hall–Kier alpha value is -1.40. The van der Waals surface area contributed by atoms with Crippen LogP contribution in [-0.4, -0.2) is 31.9 Å². The lowest BCUT2D eigenvalue weighted by molar-refractivity contribution is 0.0102. The van der Waals surface area contributed by atoms with Gasteiger partial charge in [0.2, 0.25) is 10.0 Å². The molecule has 0 atom stereocenters. The molecule has 1 heterocycles. The minimum absolute atomic E-state index is 0.0860. The number of hydrogen-bond acceptors (Lipinski definition) is 3. The van der Waals surface area contributed by atoms with Gasteiger partial charge in [0.05, 0.1) is 17.7 Å². The third-order valence-corrected chi connectivity index (χ3v) is 6.58. The molecule has 4 nitrogen and oxygen atoms in total. The molecule has 0 aliphatic carbocycles. The number of sulfonamides is 1. The van der Waals surface area contributed by atoms with Crippen molar-refractivity contribution in [1.29, 1.82) is 0 Å². The fourth-order valence-corrected chi connectivity index (χ4v) is 4.78.